The highest BCUT2D eigenvalue weighted by Crippen LogP contribution is 2.34. The number of hydrazine groups is 1. The summed E-state index contributed by atoms with van der Waals surface area (Å²) >= 11 is 4.64. The molecule has 2 rings (SSSR count). The fraction of sp³-hybridized carbons (Fsp3) is 0.176. The third-order valence-corrected chi connectivity index (χ3v) is 4.16. The highest BCUT2D eigenvalue weighted by atomic mass is 32.1. The predicted molar refractivity (Wildman–Crippen MR) is 105 cm³/mol. The van der Waals surface area contributed by atoms with Crippen LogP contribution < -0.4 is 10.1 Å². The first-order valence-electron chi connectivity index (χ1n) is 7.26. The molecule has 0 radical (unpaired) electrons. The van der Waals surface area contributed by atoms with E-state index in [1.54, 1.807) is 25.2 Å². The van der Waals surface area contributed by atoms with E-state index in [1.165, 1.54) is 17.1 Å². The third-order valence-electron chi connectivity index (χ3n) is 3.48. The zero-order valence-corrected chi connectivity index (χ0v) is 15.6. The topological polar surface area (TPSA) is 72.7 Å². The molecule has 25 heavy (non-hydrogen) atoms. The summed E-state index contributed by atoms with van der Waals surface area (Å²) < 4.78 is 2.34. The average molecular weight is 374 g/mol. The van der Waals surface area contributed by atoms with Gasteiger partial charge in [-0.3, -0.25) is 15.1 Å². The van der Waals surface area contributed by atoms with Crippen LogP contribution in [0.3, 0.4) is 0 Å². The molecular formula is C17H16N3O3S2-. The molecule has 0 fully saturated rings. The lowest BCUT2D eigenvalue weighted by Gasteiger charge is -2.36. The maximum atomic E-state index is 12.4. The fourth-order valence-corrected chi connectivity index (χ4v) is 2.98. The molecule has 0 heterocycles. The second-order valence-electron chi connectivity index (χ2n) is 5.43. The molecule has 2 aromatic rings. The molecule has 0 atom stereocenters. The van der Waals surface area contributed by atoms with Crippen LogP contribution in [0, 0.1) is 17.0 Å². The molecule has 6 nitrogen and oxygen atoms in total. The van der Waals surface area contributed by atoms with E-state index in [0.29, 0.717) is 11.3 Å². The van der Waals surface area contributed by atoms with E-state index in [4.69, 9.17) is 0 Å². The third kappa shape index (κ3) is 4.39. The Labute approximate surface area is 154 Å². The van der Waals surface area contributed by atoms with Crippen LogP contribution >= 0.6 is 23.2 Å². The van der Waals surface area contributed by atoms with Crippen molar-refractivity contribution >= 4 is 44.0 Å². The van der Waals surface area contributed by atoms with Crippen molar-refractivity contribution in [2.75, 3.05) is 19.1 Å². The van der Waals surface area contributed by atoms with Gasteiger partial charge < -0.3 is 5.11 Å². The van der Waals surface area contributed by atoms with Crippen molar-refractivity contribution in [1.29, 1.82) is 0 Å². The molecule has 8 heteroatoms. The van der Waals surface area contributed by atoms with Gasteiger partial charge in [0.05, 0.1) is 10.6 Å². The van der Waals surface area contributed by atoms with Crippen molar-refractivity contribution in [2.24, 2.45) is 0 Å². The van der Waals surface area contributed by atoms with E-state index in [0.717, 1.165) is 22.1 Å². The number of aryl methyl sites for hydroxylation is 1. The van der Waals surface area contributed by atoms with E-state index in [-0.39, 0.29) is 10.9 Å². The minimum atomic E-state index is -0.456. The summed E-state index contributed by atoms with van der Waals surface area (Å²) in [5, 5.41) is 26.3. The van der Waals surface area contributed by atoms with Crippen molar-refractivity contribution in [1.82, 2.24) is 5.01 Å². The minimum Gasteiger partial charge on any atom is -0.804 e. The van der Waals surface area contributed by atoms with Gasteiger partial charge in [-0.25, -0.2) is 5.01 Å². The first-order chi connectivity index (χ1) is 11.8. The minimum absolute atomic E-state index is 0.0421. The number of rotatable bonds is 4. The second kappa shape index (κ2) is 8.15. The van der Waals surface area contributed by atoms with E-state index in [9.17, 15) is 15.2 Å². The SMILES string of the molecule is Cc1ccc(-c2cc([N+](=O)[O-])ccc2N(C([O-])=S=C=S)N(C)C)cc1. The quantitative estimate of drug-likeness (QED) is 0.465. The van der Waals surface area contributed by atoms with Crippen molar-refractivity contribution in [2.45, 2.75) is 6.92 Å². The predicted octanol–water partition coefficient (Wildman–Crippen LogP) is 2.87. The molecule has 0 unspecified atom stereocenters. The van der Waals surface area contributed by atoms with E-state index < -0.39 is 4.92 Å². The molecule has 0 spiro atoms. The lowest BCUT2D eigenvalue weighted by molar-refractivity contribution is -0.384. The average Bonchev–Trinajstić information content (AvgIpc) is 2.56. The van der Waals surface area contributed by atoms with Crippen molar-refractivity contribution < 1.29 is 10.0 Å². The molecular weight excluding hydrogens is 358 g/mol. The molecule has 0 aliphatic heterocycles. The number of anilines is 1. The summed E-state index contributed by atoms with van der Waals surface area (Å²) in [7, 11) is 4.18. The van der Waals surface area contributed by atoms with Crippen molar-refractivity contribution in [3.8, 4) is 11.1 Å². The van der Waals surface area contributed by atoms with Crippen LogP contribution in [-0.4, -0.2) is 33.5 Å². The van der Waals surface area contributed by atoms with E-state index in [1.807, 2.05) is 31.2 Å². The summed E-state index contributed by atoms with van der Waals surface area (Å²) in [6.07, 6.45) is 0. The summed E-state index contributed by atoms with van der Waals surface area (Å²) in [5.41, 5.74) is 2.92. The highest BCUT2D eigenvalue weighted by molar-refractivity contribution is 8.04. The van der Waals surface area contributed by atoms with Gasteiger partial charge in [0.2, 0.25) is 0 Å². The van der Waals surface area contributed by atoms with Crippen LogP contribution in [0.2, 0.25) is 0 Å². The Morgan fingerprint density at radius 2 is 1.84 bits per heavy atom. The smallest absolute Gasteiger partial charge is 0.270 e. The van der Waals surface area contributed by atoms with Gasteiger partial charge in [-0.2, -0.15) is 0 Å². The summed E-state index contributed by atoms with van der Waals surface area (Å²) in [4.78, 5) is 10.7. The monoisotopic (exact) mass is 374 g/mol. The molecule has 130 valence electrons. The summed E-state index contributed by atoms with van der Waals surface area (Å²) in [6.45, 7) is 1.96. The molecule has 0 aliphatic rings. The molecule has 2 aromatic carbocycles. The van der Waals surface area contributed by atoms with Gasteiger partial charge in [0.25, 0.3) is 5.69 Å². The number of hydrogen-bond donors (Lipinski definition) is 0. The van der Waals surface area contributed by atoms with Gasteiger partial charge in [-0.1, -0.05) is 40.8 Å². The van der Waals surface area contributed by atoms with Crippen LogP contribution in [0.25, 0.3) is 11.1 Å². The number of nitrogens with zero attached hydrogens (tertiary/aromatic N) is 3. The van der Waals surface area contributed by atoms with Crippen molar-refractivity contribution in [3.63, 3.8) is 0 Å². The zero-order chi connectivity index (χ0) is 18.6. The van der Waals surface area contributed by atoms with Crippen LogP contribution in [-0.2, 0) is 0 Å². The molecule has 0 aromatic heterocycles. The number of hydrogen-bond acceptors (Lipinski definition) is 5. The van der Waals surface area contributed by atoms with Crippen molar-refractivity contribution in [3.05, 3.63) is 58.1 Å². The highest BCUT2D eigenvalue weighted by Gasteiger charge is 2.18. The maximum Gasteiger partial charge on any atom is 0.270 e. The summed E-state index contributed by atoms with van der Waals surface area (Å²) in [6, 6.07) is 12.0. The van der Waals surface area contributed by atoms with Gasteiger partial charge in [-0.15, -0.1) is 0 Å². The maximum absolute atomic E-state index is 12.4. The Morgan fingerprint density at radius 1 is 1.20 bits per heavy atom. The van der Waals surface area contributed by atoms with Gasteiger partial charge in [0.1, 0.15) is 0 Å². The lowest BCUT2D eigenvalue weighted by atomic mass is 10.0. The molecule has 0 amide bonds. The van der Waals surface area contributed by atoms with Gasteiger partial charge in [0, 0.05) is 41.3 Å². The number of benzene rings is 2. The number of non-ortho nitro benzene ring substituents is 1. The standard InChI is InChI=1S/C17H17N3O3S2/c1-12-4-6-13(7-5-12)15-10-14(20(22)23)8-9-16(15)19(18(2)3)17(21)25-11-24/h4-10,21H,1-3H3/p-1. The van der Waals surface area contributed by atoms with Crippen LogP contribution in [0.1, 0.15) is 5.56 Å². The molecule has 0 bridgehead atoms. The van der Waals surface area contributed by atoms with Gasteiger partial charge in [-0.05, 0) is 30.8 Å². The lowest BCUT2D eigenvalue weighted by Crippen LogP contribution is -2.47. The van der Waals surface area contributed by atoms with E-state index in [2.05, 4.69) is 16.5 Å². The Morgan fingerprint density at radius 3 is 2.36 bits per heavy atom. The Kier molecular flexibility index (Phi) is 6.19. The Balaban J connectivity index is 2.75. The molecule has 0 N–H and O–H groups in total. The normalized spacial score (nSPS) is 10.3. The number of nitro benzene ring substituents is 1. The Hall–Kier alpha value is -2.35. The number of thiocarbonyl (C=S) groups is 1. The van der Waals surface area contributed by atoms with E-state index >= 15 is 0 Å². The summed E-state index contributed by atoms with van der Waals surface area (Å²) in [5.74, 6) is 0. The molecule has 0 saturated carbocycles. The number of nitro groups is 1. The second-order valence-corrected chi connectivity index (χ2v) is 6.65. The van der Waals surface area contributed by atoms with Crippen LogP contribution in [0.15, 0.2) is 42.5 Å². The fourth-order valence-electron chi connectivity index (χ4n) is 2.34. The molecule has 0 aliphatic carbocycles. The largest absolute Gasteiger partial charge is 0.804 e. The van der Waals surface area contributed by atoms with Gasteiger partial charge in [0.15, 0.2) is 0 Å². The van der Waals surface area contributed by atoms with Crippen LogP contribution in [0.5, 0.6) is 0 Å². The van der Waals surface area contributed by atoms with Gasteiger partial charge >= 0.3 is 0 Å². The first kappa shape index (κ1) is 19.0. The molecule has 0 saturated heterocycles. The zero-order valence-electron chi connectivity index (χ0n) is 13.9. The first-order valence-corrected chi connectivity index (χ1v) is 8.48. The Bertz CT molecular complexity index is 885. The van der Waals surface area contributed by atoms with Crippen LogP contribution in [0.4, 0.5) is 11.4 Å².